The number of ether oxygens (including phenoxy) is 11. The maximum absolute atomic E-state index is 13.5. The maximum atomic E-state index is 13.5. The van der Waals surface area contributed by atoms with Crippen LogP contribution in [0.2, 0.25) is 0 Å². The monoisotopic (exact) mass is 842 g/mol. The van der Waals surface area contributed by atoms with Crippen LogP contribution in [-0.4, -0.2) is 99.0 Å². The van der Waals surface area contributed by atoms with Gasteiger partial charge in [-0.1, -0.05) is 103 Å². The molecule has 4 saturated heterocycles. The Morgan fingerprint density at radius 1 is 0.667 bits per heavy atom. The fourth-order valence-electron chi connectivity index (χ4n) is 7.43. The van der Waals surface area contributed by atoms with Crippen molar-refractivity contribution in [1.29, 1.82) is 0 Å². The highest BCUT2D eigenvalue weighted by Gasteiger charge is 2.58. The molecule has 0 unspecified atom stereocenters. The zero-order chi connectivity index (χ0) is 41.3. The molecule has 16 heteroatoms. The van der Waals surface area contributed by atoms with Gasteiger partial charge in [0.05, 0.1) is 33.5 Å². The molecule has 2 N–H and O–H groups in total. The van der Waals surface area contributed by atoms with Gasteiger partial charge in [-0.2, -0.15) is 0 Å². The Bertz CT molecular complexity index is 2020. The highest BCUT2D eigenvalue weighted by molar-refractivity contribution is 7.79. The van der Waals surface area contributed by atoms with Gasteiger partial charge in [0, 0.05) is 12.2 Å². The quantitative estimate of drug-likeness (QED) is 0.140. The molecular weight excluding hydrogens is 797 g/mol. The van der Waals surface area contributed by atoms with Gasteiger partial charge >= 0.3 is 17.4 Å². The molecule has 4 aromatic rings. The predicted octanol–water partition coefficient (Wildman–Crippen LogP) is 5.32. The molecule has 4 heterocycles. The summed E-state index contributed by atoms with van der Waals surface area (Å²) >= 11 is 5.36. The highest BCUT2D eigenvalue weighted by atomic mass is 32.1. The average Bonchev–Trinajstić information content (AvgIpc) is 3.91. The Morgan fingerprint density at radius 2 is 1.23 bits per heavy atom. The van der Waals surface area contributed by atoms with Gasteiger partial charge in [0.2, 0.25) is 0 Å². The number of thiocarbonyl (C=S) groups is 1. The molecule has 60 heavy (non-hydrogen) atoms. The average molecular weight is 843 g/mol. The van der Waals surface area contributed by atoms with Gasteiger partial charge in [-0.3, -0.25) is 0 Å². The van der Waals surface area contributed by atoms with E-state index in [1.165, 1.54) is 0 Å². The molecule has 0 radical (unpaired) electrons. The van der Waals surface area contributed by atoms with Crippen molar-refractivity contribution in [2.24, 2.45) is 0 Å². The summed E-state index contributed by atoms with van der Waals surface area (Å²) in [5.41, 5.74) is 3.43. The van der Waals surface area contributed by atoms with Crippen LogP contribution in [0.3, 0.4) is 0 Å². The number of carbonyl (C=O) groups is 2. The van der Waals surface area contributed by atoms with Crippen molar-refractivity contribution in [1.82, 2.24) is 10.6 Å². The maximum Gasteiger partial charge on any atom is 0.407 e. The van der Waals surface area contributed by atoms with Gasteiger partial charge in [0.1, 0.15) is 55.5 Å². The topological polar surface area (TPSA) is 160 Å². The van der Waals surface area contributed by atoms with Crippen LogP contribution in [0.25, 0.3) is 0 Å². The van der Waals surface area contributed by atoms with Gasteiger partial charge < -0.3 is 62.7 Å². The Labute approximate surface area is 352 Å². The first-order chi connectivity index (χ1) is 29.4. The summed E-state index contributed by atoms with van der Waals surface area (Å²) in [7, 11) is 1.61. The molecular formula is C44H46N2O13S. The fourth-order valence-corrected chi connectivity index (χ4v) is 7.65. The number of rotatable bonds is 16. The molecule has 0 spiro atoms. The molecule has 0 aromatic heterocycles. The van der Waals surface area contributed by atoms with E-state index in [1.807, 2.05) is 115 Å². The number of hydrogen-bond acceptors (Lipinski definition) is 14. The summed E-state index contributed by atoms with van der Waals surface area (Å²) in [6.45, 7) is 0.587. The van der Waals surface area contributed by atoms with Crippen molar-refractivity contribution in [2.75, 3.05) is 20.3 Å². The highest BCUT2D eigenvalue weighted by Crippen LogP contribution is 2.38. The minimum absolute atomic E-state index is 0.00710. The van der Waals surface area contributed by atoms with E-state index in [9.17, 15) is 9.59 Å². The number of hydrogen-bond donors (Lipinski definition) is 2. The molecule has 316 valence electrons. The van der Waals surface area contributed by atoms with E-state index in [0.717, 1.165) is 28.0 Å². The lowest BCUT2D eigenvalue weighted by atomic mass is 9.95. The summed E-state index contributed by atoms with van der Waals surface area (Å²) in [4.78, 5) is 26.4. The lowest BCUT2D eigenvalue weighted by Crippen LogP contribution is -2.67. The number of methoxy groups -OCH3 is 1. The van der Waals surface area contributed by atoms with E-state index in [1.54, 1.807) is 7.11 Å². The van der Waals surface area contributed by atoms with Crippen LogP contribution in [0.5, 0.6) is 5.75 Å². The Balaban J connectivity index is 1.04. The van der Waals surface area contributed by atoms with Crippen molar-refractivity contribution in [3.8, 4) is 5.75 Å². The molecule has 0 aliphatic carbocycles. The van der Waals surface area contributed by atoms with Crippen LogP contribution in [0, 0.1) is 0 Å². The second-order valence-corrected chi connectivity index (χ2v) is 14.8. The molecule has 8 rings (SSSR count). The molecule has 4 fully saturated rings. The first-order valence-corrected chi connectivity index (χ1v) is 20.1. The number of fused-ring (bicyclic) bond motifs is 3. The van der Waals surface area contributed by atoms with E-state index >= 15 is 0 Å². The van der Waals surface area contributed by atoms with Crippen LogP contribution in [0.15, 0.2) is 115 Å². The number of benzene rings is 4. The zero-order valence-corrected chi connectivity index (χ0v) is 33.5. The molecule has 2 bridgehead atoms. The van der Waals surface area contributed by atoms with E-state index in [2.05, 4.69) is 10.6 Å². The van der Waals surface area contributed by atoms with Gasteiger partial charge in [-0.25, -0.2) is 9.59 Å². The lowest BCUT2D eigenvalue weighted by Gasteiger charge is -2.46. The third-order valence-corrected chi connectivity index (χ3v) is 10.7. The molecule has 4 aliphatic rings. The second-order valence-electron chi connectivity index (χ2n) is 14.5. The van der Waals surface area contributed by atoms with Crippen LogP contribution < -0.4 is 15.4 Å². The van der Waals surface area contributed by atoms with E-state index < -0.39 is 73.5 Å². The lowest BCUT2D eigenvalue weighted by molar-refractivity contribution is -0.317. The van der Waals surface area contributed by atoms with Crippen molar-refractivity contribution >= 4 is 29.6 Å². The Morgan fingerprint density at radius 3 is 1.87 bits per heavy atom. The minimum atomic E-state index is -1.25. The van der Waals surface area contributed by atoms with Crippen molar-refractivity contribution < 1.29 is 61.7 Å². The van der Waals surface area contributed by atoms with Crippen LogP contribution in [0.1, 0.15) is 22.3 Å². The van der Waals surface area contributed by atoms with Crippen LogP contribution >= 0.6 is 12.2 Å². The number of carbonyl (C=O) groups excluding carboxylic acids is 2. The summed E-state index contributed by atoms with van der Waals surface area (Å²) in [5, 5.41) is 5.49. The molecule has 4 aliphatic heterocycles. The minimum Gasteiger partial charge on any atom is -0.497 e. The SMILES string of the molecule is COc1ccc(CO[C@H]2[C@@H]3OC[C@@H](O3)[C@@H](O[C@H]3O[C@H](CNC(=O)OCc4ccccc4)[C@H]4OC(=S)O[C@H]4[C@H]3NC(=O)OCc3ccccc3)[C@@H]2OCc2ccccc2)cc1. The van der Waals surface area contributed by atoms with E-state index in [0.29, 0.717) is 0 Å². The van der Waals surface area contributed by atoms with Crippen molar-refractivity contribution in [2.45, 2.75) is 87.8 Å². The molecule has 10 atom stereocenters. The third-order valence-electron chi connectivity index (χ3n) is 10.5. The zero-order valence-electron chi connectivity index (χ0n) is 32.7. The Hall–Kier alpha value is -5.33. The van der Waals surface area contributed by atoms with Gasteiger partial charge in [0.25, 0.3) is 0 Å². The number of alkyl carbamates (subject to hydrolysis) is 2. The van der Waals surface area contributed by atoms with Gasteiger partial charge in [0.15, 0.2) is 24.8 Å². The molecule has 15 nitrogen and oxygen atoms in total. The predicted molar refractivity (Wildman–Crippen MR) is 215 cm³/mol. The normalized spacial score (nSPS) is 27.8. The summed E-state index contributed by atoms with van der Waals surface area (Å²) < 4.78 is 67.6. The van der Waals surface area contributed by atoms with Crippen LogP contribution in [-0.2, 0) is 73.8 Å². The number of nitrogens with one attached hydrogen (secondary N) is 2. The number of amides is 2. The standard InChI is InChI=1S/C44H46N2O13S/c1-49-31-19-17-30(18-20-31)23-51-39-38(50-22-27-11-5-2-6-12-27)36(33-26-52-41(39)56-33)57-40-34(46-43(48)54-25-29-15-9-4-10-16-29)37-35(58-44(60)59-37)32(55-40)21-45-42(47)53-24-28-13-7-3-8-14-28/h2-20,32-41H,21-26H2,1H3,(H,45,47)(H,46,48)/t32-,33-,34-,35-,36-,37+,38+,39-,40-,41-/m1/s1. The van der Waals surface area contributed by atoms with Crippen molar-refractivity contribution in [3.05, 3.63) is 138 Å². The smallest absolute Gasteiger partial charge is 0.407 e. The first kappa shape index (κ1) is 41.4. The first-order valence-electron chi connectivity index (χ1n) is 19.7. The van der Waals surface area contributed by atoms with E-state index in [4.69, 9.17) is 64.3 Å². The van der Waals surface area contributed by atoms with Crippen LogP contribution in [0.4, 0.5) is 9.59 Å². The second kappa shape index (κ2) is 19.8. The largest absolute Gasteiger partial charge is 0.497 e. The third kappa shape index (κ3) is 10.3. The summed E-state index contributed by atoms with van der Waals surface area (Å²) in [6.07, 6.45) is -9.10. The molecule has 0 saturated carbocycles. The van der Waals surface area contributed by atoms with Gasteiger partial charge in [-0.15, -0.1) is 0 Å². The molecule has 2 amide bonds. The molecule has 4 aromatic carbocycles. The van der Waals surface area contributed by atoms with Gasteiger partial charge in [-0.05, 0) is 34.4 Å². The van der Waals surface area contributed by atoms with Crippen molar-refractivity contribution in [3.63, 3.8) is 0 Å². The fraction of sp³-hybridized carbons (Fsp3) is 0.386. The Kier molecular flexibility index (Phi) is 13.7. The summed E-state index contributed by atoms with van der Waals surface area (Å²) in [6, 6.07) is 34.8. The summed E-state index contributed by atoms with van der Waals surface area (Å²) in [5.74, 6) is 0.719. The van der Waals surface area contributed by atoms with E-state index in [-0.39, 0.29) is 44.8 Å².